The number of amides is 1. The van der Waals surface area contributed by atoms with Gasteiger partial charge >= 0.3 is 0 Å². The molecule has 4 rings (SSSR count). The van der Waals surface area contributed by atoms with Gasteiger partial charge in [0.15, 0.2) is 4.83 Å². The Kier molecular flexibility index (Phi) is 5.02. The van der Waals surface area contributed by atoms with Crippen LogP contribution in [0.2, 0.25) is 0 Å². The number of anilines is 1. The molecule has 2 aromatic heterocycles. The van der Waals surface area contributed by atoms with Crippen molar-refractivity contribution in [3.63, 3.8) is 0 Å². The van der Waals surface area contributed by atoms with Gasteiger partial charge in [0.05, 0.1) is 5.39 Å². The quantitative estimate of drug-likeness (QED) is 0.726. The summed E-state index contributed by atoms with van der Waals surface area (Å²) in [6.07, 6.45) is 3.41. The van der Waals surface area contributed by atoms with Gasteiger partial charge in [-0.25, -0.2) is 0 Å². The van der Waals surface area contributed by atoms with Crippen LogP contribution in [0.5, 0.6) is 0 Å². The molecular formula is C21H24N4O2S. The second-order valence-corrected chi connectivity index (χ2v) is 8.74. The second-order valence-electron chi connectivity index (χ2n) is 7.65. The molecule has 6 nitrogen and oxygen atoms in total. The van der Waals surface area contributed by atoms with Crippen LogP contribution in [-0.4, -0.2) is 20.9 Å². The lowest BCUT2D eigenvalue weighted by atomic mass is 9.89. The molecule has 0 aliphatic heterocycles. The highest BCUT2D eigenvalue weighted by Gasteiger charge is 2.27. The lowest BCUT2D eigenvalue weighted by Crippen LogP contribution is -2.35. The number of carbonyl (C=O) groups excluding carboxylic acids is 1. The number of thiophene rings is 1. The van der Waals surface area contributed by atoms with E-state index in [1.54, 1.807) is 11.3 Å². The van der Waals surface area contributed by atoms with Gasteiger partial charge in [-0.15, -0.1) is 16.4 Å². The van der Waals surface area contributed by atoms with Gasteiger partial charge in [-0.05, 0) is 61.8 Å². The van der Waals surface area contributed by atoms with Crippen LogP contribution in [-0.2, 0) is 17.6 Å². The molecule has 1 N–H and O–H groups in total. The highest BCUT2D eigenvalue weighted by Crippen LogP contribution is 2.35. The van der Waals surface area contributed by atoms with Crippen molar-refractivity contribution < 1.29 is 4.79 Å². The number of aromatic nitrogens is 3. The number of hydrogen-bond donors (Lipinski definition) is 1. The van der Waals surface area contributed by atoms with Crippen LogP contribution >= 0.6 is 11.3 Å². The topological polar surface area (TPSA) is 76.9 Å². The van der Waals surface area contributed by atoms with E-state index in [9.17, 15) is 9.59 Å². The van der Waals surface area contributed by atoms with Crippen LogP contribution in [0.3, 0.4) is 0 Å². The zero-order chi connectivity index (χ0) is 19.8. The van der Waals surface area contributed by atoms with Crippen LogP contribution in [0.25, 0.3) is 10.2 Å². The summed E-state index contributed by atoms with van der Waals surface area (Å²) in [5.74, 6) is 0.376. The SMILES string of the molecule is CCC(C(=O)Nc1cccc(C)c1)n1nnc2sc3c(c2c1=O)CCC(C)C3. The maximum Gasteiger partial charge on any atom is 0.279 e. The standard InChI is InChI=1S/C21H24N4O2S/c1-4-16(19(26)22-14-7-5-6-12(2)10-14)25-21(27)18-15-9-8-13(3)11-17(15)28-20(18)23-24-25/h5-7,10,13,16H,4,8-9,11H2,1-3H3,(H,22,26). The lowest BCUT2D eigenvalue weighted by molar-refractivity contribution is -0.119. The second kappa shape index (κ2) is 7.47. The first-order valence-corrected chi connectivity index (χ1v) is 10.6. The lowest BCUT2D eigenvalue weighted by Gasteiger charge is -2.18. The van der Waals surface area contributed by atoms with E-state index in [1.165, 1.54) is 9.56 Å². The summed E-state index contributed by atoms with van der Waals surface area (Å²) in [4.78, 5) is 28.1. The van der Waals surface area contributed by atoms with Gasteiger partial charge in [-0.1, -0.05) is 31.2 Å². The van der Waals surface area contributed by atoms with E-state index in [0.717, 1.165) is 30.4 Å². The predicted molar refractivity (Wildman–Crippen MR) is 112 cm³/mol. The molecule has 1 aliphatic rings. The number of nitrogens with zero attached hydrogens (tertiary/aromatic N) is 3. The van der Waals surface area contributed by atoms with Crippen molar-refractivity contribution in [3.8, 4) is 0 Å². The van der Waals surface area contributed by atoms with Crippen molar-refractivity contribution in [2.75, 3.05) is 5.32 Å². The normalized spacial score (nSPS) is 17.3. The van der Waals surface area contributed by atoms with E-state index >= 15 is 0 Å². The maximum absolute atomic E-state index is 13.2. The summed E-state index contributed by atoms with van der Waals surface area (Å²) >= 11 is 1.57. The zero-order valence-corrected chi connectivity index (χ0v) is 17.2. The molecule has 3 aromatic rings. The van der Waals surface area contributed by atoms with Crippen molar-refractivity contribution >= 4 is 33.1 Å². The third kappa shape index (κ3) is 3.35. The first-order valence-electron chi connectivity index (χ1n) is 9.75. The minimum atomic E-state index is -0.692. The molecule has 0 saturated heterocycles. The summed E-state index contributed by atoms with van der Waals surface area (Å²) < 4.78 is 1.26. The highest BCUT2D eigenvalue weighted by molar-refractivity contribution is 7.18. The van der Waals surface area contributed by atoms with E-state index in [4.69, 9.17) is 0 Å². The number of fused-ring (bicyclic) bond motifs is 3. The zero-order valence-electron chi connectivity index (χ0n) is 16.4. The number of aryl methyl sites for hydroxylation is 2. The Hall–Kier alpha value is -2.54. The van der Waals surface area contributed by atoms with Crippen molar-refractivity contribution in [2.45, 2.75) is 52.5 Å². The molecule has 2 atom stereocenters. The van der Waals surface area contributed by atoms with Crippen LogP contribution in [0.15, 0.2) is 29.1 Å². The Balaban J connectivity index is 1.71. The fourth-order valence-corrected chi connectivity index (χ4v) is 5.21. The number of nitrogens with one attached hydrogen (secondary N) is 1. The van der Waals surface area contributed by atoms with Crippen LogP contribution in [0, 0.1) is 12.8 Å². The van der Waals surface area contributed by atoms with Crippen molar-refractivity contribution in [3.05, 3.63) is 50.6 Å². The summed E-state index contributed by atoms with van der Waals surface area (Å²) in [6, 6.07) is 6.91. The minimum absolute atomic E-state index is 0.205. The smallest absolute Gasteiger partial charge is 0.279 e. The van der Waals surface area contributed by atoms with E-state index < -0.39 is 6.04 Å². The van der Waals surface area contributed by atoms with Gasteiger partial charge in [-0.2, -0.15) is 4.68 Å². The molecule has 2 unspecified atom stereocenters. The molecule has 28 heavy (non-hydrogen) atoms. The first kappa shape index (κ1) is 18.8. The Morgan fingerprint density at radius 1 is 1.43 bits per heavy atom. The van der Waals surface area contributed by atoms with Gasteiger partial charge in [0.2, 0.25) is 5.91 Å². The van der Waals surface area contributed by atoms with Crippen LogP contribution in [0.1, 0.15) is 48.7 Å². The molecule has 0 spiro atoms. The summed E-state index contributed by atoms with van der Waals surface area (Å²) in [5.41, 5.74) is 2.68. The van der Waals surface area contributed by atoms with Crippen molar-refractivity contribution in [1.29, 1.82) is 0 Å². The average molecular weight is 397 g/mol. The summed E-state index contributed by atoms with van der Waals surface area (Å²) in [7, 11) is 0. The van der Waals surface area contributed by atoms with Gasteiger partial charge in [0.1, 0.15) is 6.04 Å². The minimum Gasteiger partial charge on any atom is -0.324 e. The molecule has 2 heterocycles. The fraction of sp³-hybridized carbons (Fsp3) is 0.429. The number of hydrogen-bond acceptors (Lipinski definition) is 5. The Morgan fingerprint density at radius 3 is 3.00 bits per heavy atom. The van der Waals surface area contributed by atoms with E-state index in [2.05, 4.69) is 22.6 Å². The van der Waals surface area contributed by atoms with Gasteiger partial charge < -0.3 is 5.32 Å². The van der Waals surface area contributed by atoms with Crippen LogP contribution in [0.4, 0.5) is 5.69 Å². The van der Waals surface area contributed by atoms with Crippen molar-refractivity contribution in [2.24, 2.45) is 5.92 Å². The summed E-state index contributed by atoms with van der Waals surface area (Å²) in [5, 5.41) is 12.0. The summed E-state index contributed by atoms with van der Waals surface area (Å²) in [6.45, 7) is 6.08. The maximum atomic E-state index is 13.2. The number of rotatable bonds is 4. The molecular weight excluding hydrogens is 372 g/mol. The molecule has 0 bridgehead atoms. The average Bonchev–Trinajstić information content (AvgIpc) is 3.02. The molecule has 7 heteroatoms. The third-order valence-electron chi connectivity index (χ3n) is 5.42. The predicted octanol–water partition coefficient (Wildman–Crippen LogP) is 3.88. The molecule has 146 valence electrons. The molecule has 1 aliphatic carbocycles. The molecule has 0 fully saturated rings. The third-order valence-corrected chi connectivity index (χ3v) is 6.56. The van der Waals surface area contributed by atoms with Gasteiger partial charge in [0.25, 0.3) is 5.56 Å². The monoisotopic (exact) mass is 396 g/mol. The largest absolute Gasteiger partial charge is 0.324 e. The first-order chi connectivity index (χ1) is 13.5. The van der Waals surface area contributed by atoms with Crippen molar-refractivity contribution in [1.82, 2.24) is 15.0 Å². The van der Waals surface area contributed by atoms with Crippen LogP contribution < -0.4 is 10.9 Å². The van der Waals surface area contributed by atoms with E-state index in [-0.39, 0.29) is 11.5 Å². The number of benzene rings is 1. The molecule has 0 radical (unpaired) electrons. The Labute approximate surface area is 167 Å². The van der Waals surface area contributed by atoms with E-state index in [1.807, 2.05) is 38.1 Å². The fourth-order valence-electron chi connectivity index (χ4n) is 3.89. The Bertz CT molecular complexity index is 1100. The Morgan fingerprint density at radius 2 is 2.25 bits per heavy atom. The van der Waals surface area contributed by atoms with Gasteiger partial charge in [0, 0.05) is 10.6 Å². The van der Waals surface area contributed by atoms with Gasteiger partial charge in [-0.3, -0.25) is 9.59 Å². The van der Waals surface area contributed by atoms with E-state index in [0.29, 0.717) is 28.2 Å². The highest BCUT2D eigenvalue weighted by atomic mass is 32.1. The molecule has 0 saturated carbocycles. The number of carbonyl (C=O) groups is 1. The molecule has 1 aromatic carbocycles. The molecule has 1 amide bonds.